The van der Waals surface area contributed by atoms with Crippen molar-refractivity contribution in [3.63, 3.8) is 0 Å². The molecule has 0 aromatic heterocycles. The molecular formula is C7H8NO6P. The van der Waals surface area contributed by atoms with E-state index in [0.29, 0.717) is 5.56 Å². The Morgan fingerprint density at radius 1 is 1.47 bits per heavy atom. The van der Waals surface area contributed by atoms with E-state index in [2.05, 4.69) is 4.52 Å². The molecule has 0 amide bonds. The maximum atomic E-state index is 10.5. The average Bonchev–Trinajstić information content (AvgIpc) is 2.06. The van der Waals surface area contributed by atoms with Gasteiger partial charge in [0.2, 0.25) is 0 Å². The number of hydrogen-bond donors (Lipinski definition) is 2. The van der Waals surface area contributed by atoms with E-state index < -0.39 is 12.7 Å². The van der Waals surface area contributed by atoms with Gasteiger partial charge in [0, 0.05) is 6.07 Å². The van der Waals surface area contributed by atoms with E-state index in [1.807, 2.05) is 0 Å². The first-order valence-electron chi connectivity index (χ1n) is 3.80. The van der Waals surface area contributed by atoms with Crippen LogP contribution < -0.4 is 4.52 Å². The number of aryl methyl sites for hydroxylation is 1. The lowest BCUT2D eigenvalue weighted by atomic mass is 10.2. The minimum atomic E-state index is -4.69. The van der Waals surface area contributed by atoms with E-state index in [1.165, 1.54) is 19.1 Å². The van der Waals surface area contributed by atoms with Crippen LogP contribution in [0.15, 0.2) is 18.2 Å². The molecule has 0 aliphatic carbocycles. The molecule has 0 spiro atoms. The molecule has 0 aliphatic heterocycles. The number of hydrogen-bond acceptors (Lipinski definition) is 4. The summed E-state index contributed by atoms with van der Waals surface area (Å²) < 4.78 is 14.8. The highest BCUT2D eigenvalue weighted by atomic mass is 31.2. The third-order valence-corrected chi connectivity index (χ3v) is 2.03. The smallest absolute Gasteiger partial charge is 0.404 e. The molecule has 15 heavy (non-hydrogen) atoms. The highest BCUT2D eigenvalue weighted by Gasteiger charge is 2.19. The number of phosphoric ester groups is 1. The van der Waals surface area contributed by atoms with Crippen LogP contribution >= 0.6 is 7.82 Å². The summed E-state index contributed by atoms with van der Waals surface area (Å²) in [5.74, 6) is -0.197. The van der Waals surface area contributed by atoms with Crippen molar-refractivity contribution in [2.24, 2.45) is 0 Å². The van der Waals surface area contributed by atoms with Gasteiger partial charge in [0.05, 0.1) is 11.0 Å². The van der Waals surface area contributed by atoms with Gasteiger partial charge < -0.3 is 4.52 Å². The second-order valence-corrected chi connectivity index (χ2v) is 3.95. The molecule has 0 radical (unpaired) electrons. The molecule has 1 aromatic rings. The fourth-order valence-corrected chi connectivity index (χ4v) is 1.38. The van der Waals surface area contributed by atoms with Crippen molar-refractivity contribution in [3.05, 3.63) is 33.9 Å². The molecule has 0 saturated carbocycles. The van der Waals surface area contributed by atoms with Crippen LogP contribution in [0.2, 0.25) is 0 Å². The van der Waals surface area contributed by atoms with Gasteiger partial charge in [0.1, 0.15) is 5.75 Å². The van der Waals surface area contributed by atoms with Gasteiger partial charge in [-0.3, -0.25) is 19.9 Å². The molecule has 0 bridgehead atoms. The predicted molar refractivity (Wildman–Crippen MR) is 50.5 cm³/mol. The van der Waals surface area contributed by atoms with E-state index in [1.54, 1.807) is 0 Å². The second kappa shape index (κ2) is 3.98. The van der Waals surface area contributed by atoms with Crippen LogP contribution in [0.4, 0.5) is 5.69 Å². The summed E-state index contributed by atoms with van der Waals surface area (Å²) in [6.07, 6.45) is 0. The number of nitro groups is 1. The Balaban J connectivity index is 3.11. The van der Waals surface area contributed by atoms with Crippen LogP contribution in [-0.2, 0) is 4.57 Å². The molecule has 0 heterocycles. The van der Waals surface area contributed by atoms with Crippen LogP contribution in [0.5, 0.6) is 5.75 Å². The van der Waals surface area contributed by atoms with Gasteiger partial charge in [-0.05, 0) is 18.6 Å². The fraction of sp³-hybridized carbons (Fsp3) is 0.143. The zero-order chi connectivity index (χ0) is 11.6. The Hall–Kier alpha value is -1.43. The standard InChI is InChI=1S/C7H8NO6P/c1-5-2-3-6(8(9)10)4-7(5)14-15(11,12)13/h2-4H,1H3,(H2,11,12,13). The zero-order valence-corrected chi connectivity index (χ0v) is 8.55. The van der Waals surface area contributed by atoms with Gasteiger partial charge in [-0.25, -0.2) is 4.57 Å². The van der Waals surface area contributed by atoms with Crippen molar-refractivity contribution < 1.29 is 23.8 Å². The topological polar surface area (TPSA) is 110 Å². The number of rotatable bonds is 3. The van der Waals surface area contributed by atoms with E-state index in [-0.39, 0.29) is 11.4 Å². The minimum absolute atomic E-state index is 0.197. The lowest BCUT2D eigenvalue weighted by molar-refractivity contribution is -0.384. The Morgan fingerprint density at radius 2 is 2.07 bits per heavy atom. The quantitative estimate of drug-likeness (QED) is 0.463. The third kappa shape index (κ3) is 3.32. The number of nitro benzene ring substituents is 1. The number of benzene rings is 1. The summed E-state index contributed by atoms with van der Waals surface area (Å²) in [5.41, 5.74) is 0.118. The van der Waals surface area contributed by atoms with Gasteiger partial charge in [0.25, 0.3) is 5.69 Å². The minimum Gasteiger partial charge on any atom is -0.404 e. The van der Waals surface area contributed by atoms with Gasteiger partial charge in [-0.15, -0.1) is 0 Å². The second-order valence-electron chi connectivity index (χ2n) is 2.79. The lowest BCUT2D eigenvalue weighted by Crippen LogP contribution is -1.94. The Morgan fingerprint density at radius 3 is 2.53 bits per heavy atom. The Bertz CT molecular complexity index is 439. The van der Waals surface area contributed by atoms with Gasteiger partial charge in [0.15, 0.2) is 0 Å². The molecule has 0 unspecified atom stereocenters. The molecule has 0 saturated heterocycles. The van der Waals surface area contributed by atoms with E-state index in [9.17, 15) is 14.7 Å². The van der Waals surface area contributed by atoms with Gasteiger partial charge >= 0.3 is 7.82 Å². The summed E-state index contributed by atoms with van der Waals surface area (Å²) in [4.78, 5) is 26.8. The highest BCUT2D eigenvalue weighted by Crippen LogP contribution is 2.40. The molecule has 1 rings (SSSR count). The summed E-state index contributed by atoms with van der Waals surface area (Å²) in [6.45, 7) is 1.52. The van der Waals surface area contributed by atoms with Crippen molar-refractivity contribution in [1.29, 1.82) is 0 Å². The highest BCUT2D eigenvalue weighted by molar-refractivity contribution is 7.46. The first-order chi connectivity index (χ1) is 6.79. The molecule has 8 heteroatoms. The average molecular weight is 233 g/mol. The lowest BCUT2D eigenvalue weighted by Gasteiger charge is -2.08. The summed E-state index contributed by atoms with van der Waals surface area (Å²) >= 11 is 0. The molecule has 2 N–H and O–H groups in total. The molecule has 0 aliphatic rings. The van der Waals surface area contributed by atoms with Gasteiger partial charge in [-0.2, -0.15) is 0 Å². The molecule has 82 valence electrons. The number of non-ortho nitro benzene ring substituents is 1. The SMILES string of the molecule is Cc1ccc([N+](=O)[O-])cc1OP(=O)(O)O. The Labute approximate surface area is 84.7 Å². The van der Waals surface area contributed by atoms with Gasteiger partial charge in [-0.1, -0.05) is 0 Å². The maximum absolute atomic E-state index is 10.5. The van der Waals surface area contributed by atoms with Crippen molar-refractivity contribution in [1.82, 2.24) is 0 Å². The fourth-order valence-electron chi connectivity index (χ4n) is 0.929. The predicted octanol–water partition coefficient (Wildman–Crippen LogP) is 1.37. The molecule has 7 nitrogen and oxygen atoms in total. The normalized spacial score (nSPS) is 11.1. The monoisotopic (exact) mass is 233 g/mol. The number of nitrogens with zero attached hydrogens (tertiary/aromatic N) is 1. The van der Waals surface area contributed by atoms with Crippen LogP contribution in [0, 0.1) is 17.0 Å². The van der Waals surface area contributed by atoms with Crippen molar-refractivity contribution in [2.45, 2.75) is 6.92 Å². The van der Waals surface area contributed by atoms with Crippen molar-refractivity contribution in [3.8, 4) is 5.75 Å². The van der Waals surface area contributed by atoms with Crippen LogP contribution in [0.1, 0.15) is 5.56 Å². The molecule has 1 aromatic carbocycles. The molecule has 0 atom stereocenters. The van der Waals surface area contributed by atoms with Crippen LogP contribution in [0.25, 0.3) is 0 Å². The van der Waals surface area contributed by atoms with Crippen LogP contribution in [-0.4, -0.2) is 14.7 Å². The maximum Gasteiger partial charge on any atom is 0.524 e. The largest absolute Gasteiger partial charge is 0.524 e. The summed E-state index contributed by atoms with van der Waals surface area (Å²) in [6, 6.07) is 3.54. The Kier molecular flexibility index (Phi) is 3.09. The first-order valence-corrected chi connectivity index (χ1v) is 5.33. The molecule has 0 fully saturated rings. The van der Waals surface area contributed by atoms with E-state index in [0.717, 1.165) is 6.07 Å². The third-order valence-electron chi connectivity index (χ3n) is 1.60. The van der Waals surface area contributed by atoms with Crippen molar-refractivity contribution in [2.75, 3.05) is 0 Å². The number of phosphoric acid groups is 1. The van der Waals surface area contributed by atoms with E-state index in [4.69, 9.17) is 9.79 Å². The van der Waals surface area contributed by atoms with Crippen LogP contribution in [0.3, 0.4) is 0 Å². The van der Waals surface area contributed by atoms with Crippen molar-refractivity contribution >= 4 is 13.5 Å². The molecular weight excluding hydrogens is 225 g/mol. The summed E-state index contributed by atoms with van der Waals surface area (Å²) in [5, 5.41) is 10.4. The van der Waals surface area contributed by atoms with E-state index >= 15 is 0 Å². The zero-order valence-electron chi connectivity index (χ0n) is 7.65. The summed E-state index contributed by atoms with van der Waals surface area (Å²) in [7, 11) is -4.69. The first kappa shape index (κ1) is 11.6.